The van der Waals surface area contributed by atoms with Gasteiger partial charge in [0.1, 0.15) is 10.5 Å². The van der Waals surface area contributed by atoms with Crippen LogP contribution in [0.2, 0.25) is 0 Å². The van der Waals surface area contributed by atoms with Gasteiger partial charge in [0.2, 0.25) is 0 Å². The second-order valence-corrected chi connectivity index (χ2v) is 7.95. The van der Waals surface area contributed by atoms with Gasteiger partial charge in [-0.3, -0.25) is 4.79 Å². The highest BCUT2D eigenvalue weighted by molar-refractivity contribution is 7.87. The molecule has 1 aliphatic heterocycles. The predicted molar refractivity (Wildman–Crippen MR) is 89.1 cm³/mol. The number of rotatable bonds is 4. The van der Waals surface area contributed by atoms with Gasteiger partial charge in [-0.25, -0.2) is 0 Å². The Hall–Kier alpha value is -2.34. The molecule has 0 atom stereocenters. The molecule has 0 aliphatic carbocycles. The third-order valence-corrected chi connectivity index (χ3v) is 5.05. The van der Waals surface area contributed by atoms with Crippen LogP contribution in [0, 0.1) is 0 Å². The minimum Gasteiger partial charge on any atom is -0.483 e. The lowest BCUT2D eigenvalue weighted by molar-refractivity contribution is 0.101. The molecular formula is C18H18O5S. The summed E-state index contributed by atoms with van der Waals surface area (Å²) >= 11 is 0. The molecule has 0 unspecified atom stereocenters. The molecule has 0 saturated carbocycles. The number of fused-ring (bicyclic) bond motifs is 1. The minimum atomic E-state index is -4.01. The summed E-state index contributed by atoms with van der Waals surface area (Å²) in [6.07, 6.45) is 0.687. The number of hydrogen-bond donors (Lipinski definition) is 0. The van der Waals surface area contributed by atoms with Crippen molar-refractivity contribution in [2.45, 2.75) is 37.7 Å². The van der Waals surface area contributed by atoms with Crippen LogP contribution in [0.3, 0.4) is 0 Å². The highest BCUT2D eigenvalue weighted by atomic mass is 32.2. The van der Waals surface area contributed by atoms with Crippen molar-refractivity contribution < 1.29 is 22.1 Å². The maximum Gasteiger partial charge on any atom is 0.339 e. The van der Waals surface area contributed by atoms with E-state index in [9.17, 15) is 13.2 Å². The zero-order valence-corrected chi connectivity index (χ0v) is 14.5. The molecule has 126 valence electrons. The Morgan fingerprint density at radius 3 is 2.42 bits per heavy atom. The van der Waals surface area contributed by atoms with Crippen LogP contribution in [-0.2, 0) is 16.5 Å². The molecule has 0 saturated heterocycles. The van der Waals surface area contributed by atoms with Crippen LogP contribution >= 0.6 is 0 Å². The van der Waals surface area contributed by atoms with Gasteiger partial charge in [-0.05, 0) is 39.0 Å². The van der Waals surface area contributed by atoms with Crippen molar-refractivity contribution in [2.75, 3.05) is 0 Å². The molecule has 0 radical (unpaired) electrons. The van der Waals surface area contributed by atoms with Crippen LogP contribution in [-0.4, -0.2) is 19.8 Å². The second kappa shape index (κ2) is 5.63. The van der Waals surface area contributed by atoms with Gasteiger partial charge < -0.3 is 8.92 Å². The molecule has 1 heterocycles. The molecule has 2 aromatic carbocycles. The summed E-state index contributed by atoms with van der Waals surface area (Å²) in [6.45, 7) is 5.30. The lowest BCUT2D eigenvalue weighted by atomic mass is 10.0. The van der Waals surface area contributed by atoms with Crippen molar-refractivity contribution in [1.82, 2.24) is 0 Å². The number of para-hydroxylation sites is 1. The van der Waals surface area contributed by atoms with Crippen molar-refractivity contribution in [3.63, 3.8) is 0 Å². The second-order valence-electron chi connectivity index (χ2n) is 6.40. The summed E-state index contributed by atoms with van der Waals surface area (Å²) in [5.41, 5.74) is 0.966. The molecule has 2 aromatic rings. The van der Waals surface area contributed by atoms with Crippen LogP contribution in [0.1, 0.15) is 36.7 Å². The van der Waals surface area contributed by atoms with Gasteiger partial charge in [-0.1, -0.05) is 24.3 Å². The molecule has 0 spiro atoms. The third-order valence-electron chi connectivity index (χ3n) is 3.80. The number of ketones is 1. The zero-order valence-electron chi connectivity index (χ0n) is 13.7. The summed E-state index contributed by atoms with van der Waals surface area (Å²) in [5, 5.41) is 0. The van der Waals surface area contributed by atoms with Crippen molar-refractivity contribution in [2.24, 2.45) is 0 Å². The lowest BCUT2D eigenvalue weighted by Gasteiger charge is -2.18. The third kappa shape index (κ3) is 3.14. The SMILES string of the molecule is CC(=O)c1ccc(S(=O)(=O)Oc2cccc3c2OC(C)(C)C3)cc1. The van der Waals surface area contributed by atoms with E-state index in [0.29, 0.717) is 17.7 Å². The van der Waals surface area contributed by atoms with E-state index in [-0.39, 0.29) is 16.4 Å². The van der Waals surface area contributed by atoms with Crippen molar-refractivity contribution >= 4 is 15.9 Å². The number of benzene rings is 2. The van der Waals surface area contributed by atoms with Crippen LogP contribution in [0.15, 0.2) is 47.4 Å². The van der Waals surface area contributed by atoms with E-state index in [2.05, 4.69) is 0 Å². The molecule has 0 fully saturated rings. The van der Waals surface area contributed by atoms with E-state index in [1.54, 1.807) is 12.1 Å². The molecule has 1 aliphatic rings. The summed E-state index contributed by atoms with van der Waals surface area (Å²) in [4.78, 5) is 11.3. The molecule has 24 heavy (non-hydrogen) atoms. The Bertz CT molecular complexity index is 896. The van der Waals surface area contributed by atoms with Crippen molar-refractivity contribution in [1.29, 1.82) is 0 Å². The number of hydrogen-bond acceptors (Lipinski definition) is 5. The Labute approximate surface area is 141 Å². The predicted octanol–water partition coefficient (Wildman–Crippen LogP) is 3.37. The van der Waals surface area contributed by atoms with E-state index >= 15 is 0 Å². The number of carbonyl (C=O) groups is 1. The van der Waals surface area contributed by atoms with Crippen LogP contribution in [0.25, 0.3) is 0 Å². The molecule has 0 amide bonds. The first-order valence-corrected chi connectivity index (χ1v) is 8.95. The molecule has 0 bridgehead atoms. The van der Waals surface area contributed by atoms with Gasteiger partial charge >= 0.3 is 10.1 Å². The van der Waals surface area contributed by atoms with E-state index in [1.165, 1.54) is 31.2 Å². The lowest BCUT2D eigenvalue weighted by Crippen LogP contribution is -2.24. The highest BCUT2D eigenvalue weighted by Crippen LogP contribution is 2.42. The average Bonchev–Trinajstić information content (AvgIpc) is 2.82. The van der Waals surface area contributed by atoms with Gasteiger partial charge in [-0.2, -0.15) is 8.42 Å². The maximum absolute atomic E-state index is 12.5. The Kier molecular flexibility index (Phi) is 3.87. The fourth-order valence-electron chi connectivity index (χ4n) is 2.68. The number of ether oxygens (including phenoxy) is 1. The summed E-state index contributed by atoms with van der Waals surface area (Å²) in [7, 11) is -4.01. The van der Waals surface area contributed by atoms with E-state index < -0.39 is 15.7 Å². The van der Waals surface area contributed by atoms with Gasteiger partial charge in [-0.15, -0.1) is 0 Å². The quantitative estimate of drug-likeness (QED) is 0.627. The van der Waals surface area contributed by atoms with Gasteiger partial charge in [0.25, 0.3) is 0 Å². The molecule has 3 rings (SSSR count). The van der Waals surface area contributed by atoms with Gasteiger partial charge in [0.15, 0.2) is 17.3 Å². The van der Waals surface area contributed by atoms with Crippen molar-refractivity contribution in [3.8, 4) is 11.5 Å². The van der Waals surface area contributed by atoms with E-state index in [4.69, 9.17) is 8.92 Å². The first-order valence-electron chi connectivity index (χ1n) is 7.54. The fourth-order valence-corrected chi connectivity index (χ4v) is 3.61. The van der Waals surface area contributed by atoms with Crippen LogP contribution < -0.4 is 8.92 Å². The topological polar surface area (TPSA) is 69.7 Å². The van der Waals surface area contributed by atoms with Gasteiger partial charge in [0, 0.05) is 17.5 Å². The minimum absolute atomic E-state index is 0.0117. The molecular weight excluding hydrogens is 328 g/mol. The van der Waals surface area contributed by atoms with Crippen LogP contribution in [0.5, 0.6) is 11.5 Å². The summed E-state index contributed by atoms with van der Waals surface area (Å²) < 4.78 is 36.1. The normalized spacial score (nSPS) is 15.5. The van der Waals surface area contributed by atoms with E-state index in [1.807, 2.05) is 19.9 Å². The monoisotopic (exact) mass is 346 g/mol. The largest absolute Gasteiger partial charge is 0.483 e. The molecule has 5 nitrogen and oxygen atoms in total. The Morgan fingerprint density at radius 2 is 1.79 bits per heavy atom. The first kappa shape index (κ1) is 16.5. The van der Waals surface area contributed by atoms with Gasteiger partial charge in [0.05, 0.1) is 0 Å². The smallest absolute Gasteiger partial charge is 0.339 e. The fraction of sp³-hybridized carbons (Fsp3) is 0.278. The Balaban J connectivity index is 1.91. The standard InChI is InChI=1S/C18H18O5S/c1-12(19)13-7-9-15(10-8-13)24(20,21)23-16-6-4-5-14-11-18(2,3)22-17(14)16/h4-10H,11H2,1-3H3. The highest BCUT2D eigenvalue weighted by Gasteiger charge is 2.33. The Morgan fingerprint density at radius 1 is 1.12 bits per heavy atom. The first-order chi connectivity index (χ1) is 11.2. The molecule has 0 N–H and O–H groups in total. The summed E-state index contributed by atoms with van der Waals surface area (Å²) in [5.74, 6) is 0.511. The zero-order chi connectivity index (χ0) is 17.5. The molecule has 6 heteroatoms. The van der Waals surface area contributed by atoms with Crippen LogP contribution in [0.4, 0.5) is 0 Å². The molecule has 0 aromatic heterocycles. The van der Waals surface area contributed by atoms with E-state index in [0.717, 1.165) is 5.56 Å². The van der Waals surface area contributed by atoms with Crippen molar-refractivity contribution in [3.05, 3.63) is 53.6 Å². The summed E-state index contributed by atoms with van der Waals surface area (Å²) in [6, 6.07) is 10.9. The number of Topliss-reactive ketones (excluding diaryl/α,β-unsaturated/α-hetero) is 1. The average molecular weight is 346 g/mol. The maximum atomic E-state index is 12.5. The number of carbonyl (C=O) groups excluding carboxylic acids is 1.